The number of carbonyl (C=O) groups is 2. The molecule has 8 heteroatoms. The summed E-state index contributed by atoms with van der Waals surface area (Å²) in [6.45, 7) is 0.815. The Morgan fingerprint density at radius 1 is 0.926 bits per heavy atom. The number of carbonyl (C=O) groups excluding carboxylic acids is 2. The van der Waals surface area contributed by atoms with Gasteiger partial charge in [0, 0.05) is 24.2 Å². The maximum atomic E-state index is 12.7. The summed E-state index contributed by atoms with van der Waals surface area (Å²) in [5.41, 5.74) is 3.21. The minimum Gasteiger partial charge on any atom is -0.338 e. The molecule has 1 heterocycles. The van der Waals surface area contributed by atoms with Crippen LogP contribution in [0.5, 0.6) is 0 Å². The van der Waals surface area contributed by atoms with E-state index in [1.807, 2.05) is 0 Å². The van der Waals surface area contributed by atoms with E-state index in [1.54, 1.807) is 28.6 Å². The van der Waals surface area contributed by atoms with Gasteiger partial charge in [-0.3, -0.25) is 14.8 Å². The van der Waals surface area contributed by atoms with Crippen LogP contribution in [-0.4, -0.2) is 35.0 Å². The van der Waals surface area contributed by atoms with Gasteiger partial charge >= 0.3 is 6.18 Å². The van der Waals surface area contributed by atoms with Crippen LogP contribution in [0.15, 0.2) is 42.5 Å². The number of amides is 2. The molecule has 0 atom stereocenters. The third kappa shape index (κ3) is 4.11. The van der Waals surface area contributed by atoms with E-state index in [9.17, 15) is 22.8 Å². The molecule has 1 aliphatic heterocycles. The van der Waals surface area contributed by atoms with Crippen LogP contribution in [0.2, 0.25) is 0 Å². The fourth-order valence-corrected chi connectivity index (χ4v) is 3.12. The number of alkyl halides is 3. The number of hydrogen-bond donors (Lipinski definition) is 2. The first kappa shape index (κ1) is 18.9. The normalized spacial score (nSPS) is 14.3. The summed E-state index contributed by atoms with van der Waals surface area (Å²) < 4.78 is 38.0. The van der Waals surface area contributed by atoms with E-state index in [-0.39, 0.29) is 11.5 Å². The summed E-state index contributed by atoms with van der Waals surface area (Å²) in [5, 5.41) is 8.74. The highest BCUT2D eigenvalue weighted by Gasteiger charge is 2.30. The molecule has 2 aromatic rings. The molecular weight excluding hydrogens is 361 g/mol. The lowest BCUT2D eigenvalue weighted by Gasteiger charge is -2.20. The van der Waals surface area contributed by atoms with Gasteiger partial charge < -0.3 is 4.90 Å². The lowest BCUT2D eigenvalue weighted by molar-refractivity contribution is -0.137. The molecule has 0 unspecified atom stereocenters. The SMILES string of the molecule is O=C(NO)c1ccc2c(c1)CCN(C(=O)c1ccc(C(F)(F)F)cc1)CC2. The number of nitrogens with zero attached hydrogens (tertiary/aromatic N) is 1. The van der Waals surface area contributed by atoms with Crippen LogP contribution in [-0.2, 0) is 19.0 Å². The minimum absolute atomic E-state index is 0.203. The first-order valence-electron chi connectivity index (χ1n) is 8.32. The molecule has 27 heavy (non-hydrogen) atoms. The standard InChI is InChI=1S/C19H17F3N2O3/c20-19(21,22)16-5-3-13(4-6-16)18(26)24-9-7-12-1-2-15(17(25)23-27)11-14(12)8-10-24/h1-6,11,27H,7-10H2,(H,23,25). The molecule has 0 saturated carbocycles. The third-order valence-corrected chi connectivity index (χ3v) is 4.62. The molecule has 142 valence electrons. The van der Waals surface area contributed by atoms with Crippen LogP contribution in [0.25, 0.3) is 0 Å². The molecule has 2 N–H and O–H groups in total. The number of rotatable bonds is 2. The number of hydrogen-bond acceptors (Lipinski definition) is 3. The van der Waals surface area contributed by atoms with Crippen molar-refractivity contribution in [3.8, 4) is 0 Å². The second-order valence-corrected chi connectivity index (χ2v) is 6.29. The molecule has 0 bridgehead atoms. The molecule has 5 nitrogen and oxygen atoms in total. The highest BCUT2D eigenvalue weighted by atomic mass is 19.4. The molecule has 0 aliphatic carbocycles. The van der Waals surface area contributed by atoms with Crippen molar-refractivity contribution < 1.29 is 28.0 Å². The van der Waals surface area contributed by atoms with Crippen molar-refractivity contribution in [3.05, 3.63) is 70.3 Å². The molecule has 0 radical (unpaired) electrons. The second-order valence-electron chi connectivity index (χ2n) is 6.29. The highest BCUT2D eigenvalue weighted by molar-refractivity contribution is 5.95. The van der Waals surface area contributed by atoms with Gasteiger partial charge in [-0.2, -0.15) is 13.2 Å². The van der Waals surface area contributed by atoms with Gasteiger partial charge in [0.2, 0.25) is 0 Å². The van der Waals surface area contributed by atoms with Crippen molar-refractivity contribution >= 4 is 11.8 Å². The molecule has 0 saturated heterocycles. The Morgan fingerprint density at radius 2 is 1.52 bits per heavy atom. The van der Waals surface area contributed by atoms with Crippen LogP contribution in [0.3, 0.4) is 0 Å². The molecule has 0 fully saturated rings. The van der Waals surface area contributed by atoms with E-state index < -0.39 is 17.6 Å². The van der Waals surface area contributed by atoms with Crippen LogP contribution in [0.1, 0.15) is 37.4 Å². The zero-order valence-electron chi connectivity index (χ0n) is 14.2. The Labute approximate surface area is 153 Å². The third-order valence-electron chi connectivity index (χ3n) is 4.62. The summed E-state index contributed by atoms with van der Waals surface area (Å²) in [5.74, 6) is -0.940. The van der Waals surface area contributed by atoms with Gasteiger partial charge in [0.15, 0.2) is 0 Å². The predicted octanol–water partition coefficient (Wildman–Crippen LogP) is 3.07. The number of halogens is 3. The van der Waals surface area contributed by atoms with Crippen LogP contribution in [0, 0.1) is 0 Å². The Kier molecular flexibility index (Phi) is 5.18. The summed E-state index contributed by atoms with van der Waals surface area (Å²) in [4.78, 5) is 25.8. The zero-order valence-corrected chi connectivity index (χ0v) is 14.2. The second kappa shape index (κ2) is 7.40. The van der Waals surface area contributed by atoms with E-state index in [0.29, 0.717) is 31.5 Å². The smallest absolute Gasteiger partial charge is 0.338 e. The monoisotopic (exact) mass is 378 g/mol. The fourth-order valence-electron chi connectivity index (χ4n) is 3.12. The van der Waals surface area contributed by atoms with Gasteiger partial charge in [-0.25, -0.2) is 5.48 Å². The number of benzene rings is 2. The summed E-state index contributed by atoms with van der Waals surface area (Å²) in [6.07, 6.45) is -3.36. The minimum atomic E-state index is -4.44. The zero-order chi connectivity index (χ0) is 19.6. The van der Waals surface area contributed by atoms with Gasteiger partial charge in [0.1, 0.15) is 0 Å². The van der Waals surface area contributed by atoms with Gasteiger partial charge in [0.05, 0.1) is 5.56 Å². The van der Waals surface area contributed by atoms with Crippen LogP contribution in [0.4, 0.5) is 13.2 Å². The van der Waals surface area contributed by atoms with Crippen molar-refractivity contribution in [2.45, 2.75) is 19.0 Å². The van der Waals surface area contributed by atoms with E-state index in [1.165, 1.54) is 12.1 Å². The molecule has 3 rings (SSSR count). The van der Waals surface area contributed by atoms with Crippen LogP contribution < -0.4 is 5.48 Å². The molecule has 1 aliphatic rings. The predicted molar refractivity (Wildman–Crippen MR) is 90.5 cm³/mol. The molecular formula is C19H17F3N2O3. The van der Waals surface area contributed by atoms with Gasteiger partial charge in [-0.05, 0) is 60.4 Å². The van der Waals surface area contributed by atoms with Gasteiger partial charge in [-0.1, -0.05) is 6.07 Å². The Bertz CT molecular complexity index is 863. The lowest BCUT2D eigenvalue weighted by Crippen LogP contribution is -2.33. The topological polar surface area (TPSA) is 69.6 Å². The lowest BCUT2D eigenvalue weighted by atomic mass is 10.00. The Morgan fingerprint density at radius 3 is 2.11 bits per heavy atom. The Balaban J connectivity index is 1.74. The maximum Gasteiger partial charge on any atom is 0.416 e. The summed E-state index contributed by atoms with van der Waals surface area (Å²) >= 11 is 0. The average Bonchev–Trinajstić information content (AvgIpc) is 2.88. The largest absolute Gasteiger partial charge is 0.416 e. The Hall–Kier alpha value is -2.87. The highest BCUT2D eigenvalue weighted by Crippen LogP contribution is 2.29. The quantitative estimate of drug-likeness (QED) is 0.623. The van der Waals surface area contributed by atoms with Crippen molar-refractivity contribution in [1.82, 2.24) is 10.4 Å². The molecule has 0 aromatic heterocycles. The fraction of sp³-hybridized carbons (Fsp3) is 0.263. The van der Waals surface area contributed by atoms with E-state index >= 15 is 0 Å². The van der Waals surface area contributed by atoms with E-state index in [4.69, 9.17) is 5.21 Å². The molecule has 2 aromatic carbocycles. The first-order valence-corrected chi connectivity index (χ1v) is 8.32. The molecule has 2 amide bonds. The van der Waals surface area contributed by atoms with Crippen molar-refractivity contribution in [1.29, 1.82) is 0 Å². The number of fused-ring (bicyclic) bond motifs is 1. The van der Waals surface area contributed by atoms with E-state index in [0.717, 1.165) is 23.3 Å². The number of nitrogens with one attached hydrogen (secondary N) is 1. The van der Waals surface area contributed by atoms with Crippen molar-refractivity contribution in [2.24, 2.45) is 0 Å². The number of hydroxylamine groups is 1. The van der Waals surface area contributed by atoms with Crippen molar-refractivity contribution in [3.63, 3.8) is 0 Å². The van der Waals surface area contributed by atoms with Gasteiger partial charge in [0.25, 0.3) is 11.8 Å². The van der Waals surface area contributed by atoms with Gasteiger partial charge in [-0.15, -0.1) is 0 Å². The molecule has 0 spiro atoms. The van der Waals surface area contributed by atoms with Crippen LogP contribution >= 0.6 is 0 Å². The average molecular weight is 378 g/mol. The summed E-state index contributed by atoms with van der Waals surface area (Å²) in [7, 11) is 0. The van der Waals surface area contributed by atoms with E-state index in [2.05, 4.69) is 0 Å². The van der Waals surface area contributed by atoms with Crippen molar-refractivity contribution in [2.75, 3.05) is 13.1 Å². The maximum absolute atomic E-state index is 12.7. The first-order chi connectivity index (χ1) is 12.8. The summed E-state index contributed by atoms with van der Waals surface area (Å²) in [6, 6.07) is 9.23.